The molecule has 2 aromatic heterocycles. The third-order valence-corrected chi connectivity index (χ3v) is 3.86. The molecule has 3 aromatic rings. The zero-order valence-electron chi connectivity index (χ0n) is 11.5. The second-order valence-corrected chi connectivity index (χ2v) is 5.64. The Morgan fingerprint density at radius 2 is 1.86 bits per heavy atom. The van der Waals surface area contributed by atoms with Gasteiger partial charge in [0.05, 0.1) is 11.9 Å². The molecule has 22 heavy (non-hydrogen) atoms. The Kier molecular flexibility index (Phi) is 3.76. The molecule has 1 aromatic carbocycles. The van der Waals surface area contributed by atoms with Gasteiger partial charge in [0.1, 0.15) is 5.82 Å². The summed E-state index contributed by atoms with van der Waals surface area (Å²) in [7, 11) is 0. The molecular weight excluding hydrogens is 325 g/mol. The number of nitrogens with zero attached hydrogens (tertiary/aromatic N) is 3. The van der Waals surface area contributed by atoms with Gasteiger partial charge in [0, 0.05) is 5.02 Å². The van der Waals surface area contributed by atoms with Gasteiger partial charge in [0.2, 0.25) is 0 Å². The van der Waals surface area contributed by atoms with Crippen LogP contribution in [0.4, 0.5) is 0 Å². The number of aryl methyl sites for hydroxylation is 1. The molecule has 0 atom stereocenters. The molecule has 0 unspecified atom stereocenters. The number of rotatable bonds is 2. The Morgan fingerprint density at radius 1 is 1.18 bits per heavy atom. The van der Waals surface area contributed by atoms with Crippen LogP contribution in [0.3, 0.4) is 0 Å². The third kappa shape index (κ3) is 2.65. The minimum atomic E-state index is -0.281. The first-order valence-corrected chi connectivity index (χ1v) is 7.22. The van der Waals surface area contributed by atoms with Crippen molar-refractivity contribution >= 4 is 34.2 Å². The largest absolute Gasteiger partial charge is 0.505 e. The number of hydrogen-bond acceptors (Lipinski definition) is 4. The molecule has 0 fully saturated rings. The predicted molar refractivity (Wildman–Crippen MR) is 85.8 cm³/mol. The first-order chi connectivity index (χ1) is 10.5. The summed E-state index contributed by atoms with van der Waals surface area (Å²) in [6.45, 7) is 2.08. The van der Waals surface area contributed by atoms with Crippen LogP contribution in [0, 0.1) is 6.92 Å². The summed E-state index contributed by atoms with van der Waals surface area (Å²) >= 11 is 11.6. The summed E-state index contributed by atoms with van der Waals surface area (Å²) < 4.78 is 1.51. The first kappa shape index (κ1) is 14.8. The van der Waals surface area contributed by atoms with E-state index in [-0.39, 0.29) is 27.5 Å². The summed E-state index contributed by atoms with van der Waals surface area (Å²) in [5.41, 5.74) is 0.858. The van der Waals surface area contributed by atoms with Crippen LogP contribution in [0.15, 0.2) is 35.1 Å². The van der Waals surface area contributed by atoms with Crippen molar-refractivity contribution in [1.82, 2.24) is 14.5 Å². The highest BCUT2D eigenvalue weighted by Crippen LogP contribution is 2.23. The van der Waals surface area contributed by atoms with E-state index < -0.39 is 0 Å². The Balaban J connectivity index is 2.15. The van der Waals surface area contributed by atoms with Gasteiger partial charge in [0.15, 0.2) is 16.5 Å². The molecule has 2 heterocycles. The van der Waals surface area contributed by atoms with Gasteiger partial charge in [-0.25, -0.2) is 9.97 Å². The molecule has 5 nitrogen and oxygen atoms in total. The molecule has 0 radical (unpaired) electrons. The van der Waals surface area contributed by atoms with E-state index in [1.165, 1.54) is 10.6 Å². The number of fused-ring (bicyclic) bond motifs is 1. The topological polar surface area (TPSA) is 68.0 Å². The molecule has 3 rings (SSSR count). The van der Waals surface area contributed by atoms with Crippen molar-refractivity contribution in [2.24, 2.45) is 0 Å². The third-order valence-electron chi connectivity index (χ3n) is 3.33. The molecular formula is C15H11Cl2N3O2. The average molecular weight is 336 g/mol. The monoisotopic (exact) mass is 335 g/mol. The fourth-order valence-corrected chi connectivity index (χ4v) is 2.44. The molecule has 0 amide bonds. The Hall–Kier alpha value is -2.11. The van der Waals surface area contributed by atoms with Crippen LogP contribution in [0.25, 0.3) is 11.0 Å². The van der Waals surface area contributed by atoms with E-state index in [1.54, 1.807) is 19.1 Å². The number of hydrogen-bond donors (Lipinski definition) is 1. The van der Waals surface area contributed by atoms with Crippen LogP contribution in [-0.4, -0.2) is 19.6 Å². The summed E-state index contributed by atoms with van der Waals surface area (Å²) in [5, 5.41) is 10.4. The number of aromatic nitrogens is 3. The van der Waals surface area contributed by atoms with E-state index in [4.69, 9.17) is 23.2 Å². The van der Waals surface area contributed by atoms with Crippen molar-refractivity contribution in [3.05, 3.63) is 62.2 Å². The summed E-state index contributed by atoms with van der Waals surface area (Å²) in [5.74, 6) is 0.275. The quantitative estimate of drug-likeness (QED) is 0.730. The van der Waals surface area contributed by atoms with Crippen molar-refractivity contribution in [1.29, 1.82) is 0 Å². The van der Waals surface area contributed by atoms with Gasteiger partial charge in [-0.2, -0.15) is 0 Å². The zero-order chi connectivity index (χ0) is 15.9. The normalized spacial score (nSPS) is 11.0. The van der Waals surface area contributed by atoms with Gasteiger partial charge in [-0.3, -0.25) is 9.36 Å². The maximum Gasteiger partial charge on any atom is 0.263 e. The summed E-state index contributed by atoms with van der Waals surface area (Å²) in [4.78, 5) is 20.8. The maximum absolute atomic E-state index is 12.6. The lowest BCUT2D eigenvalue weighted by Gasteiger charge is -2.11. The van der Waals surface area contributed by atoms with Gasteiger partial charge < -0.3 is 5.11 Å². The Bertz CT molecular complexity index is 921. The van der Waals surface area contributed by atoms with E-state index in [1.807, 2.05) is 12.1 Å². The van der Waals surface area contributed by atoms with Crippen LogP contribution in [0.2, 0.25) is 10.2 Å². The van der Waals surface area contributed by atoms with Crippen molar-refractivity contribution in [2.75, 3.05) is 0 Å². The fraction of sp³-hybridized carbons (Fsp3) is 0.133. The molecule has 112 valence electrons. The number of aromatic hydroxyl groups is 1. The number of pyridine rings is 1. The lowest BCUT2D eigenvalue weighted by Crippen LogP contribution is -2.24. The fourth-order valence-electron chi connectivity index (χ4n) is 2.18. The average Bonchev–Trinajstić information content (AvgIpc) is 2.48. The highest BCUT2D eigenvalue weighted by Gasteiger charge is 2.12. The van der Waals surface area contributed by atoms with Crippen molar-refractivity contribution in [3.63, 3.8) is 0 Å². The van der Waals surface area contributed by atoms with Gasteiger partial charge >= 0.3 is 0 Å². The van der Waals surface area contributed by atoms with Crippen LogP contribution < -0.4 is 5.56 Å². The summed E-state index contributed by atoms with van der Waals surface area (Å²) in [6, 6.07) is 8.50. The Morgan fingerprint density at radius 3 is 2.55 bits per heavy atom. The van der Waals surface area contributed by atoms with Crippen LogP contribution >= 0.6 is 23.2 Å². The lowest BCUT2D eigenvalue weighted by atomic mass is 10.2. The highest BCUT2D eigenvalue weighted by atomic mass is 35.5. The molecule has 1 N–H and O–H groups in total. The molecule has 0 aliphatic carbocycles. The van der Waals surface area contributed by atoms with Crippen molar-refractivity contribution < 1.29 is 5.11 Å². The van der Waals surface area contributed by atoms with E-state index in [2.05, 4.69) is 9.97 Å². The van der Waals surface area contributed by atoms with Gasteiger partial charge in [0.25, 0.3) is 5.56 Å². The smallest absolute Gasteiger partial charge is 0.263 e. The number of benzene rings is 1. The minimum absolute atomic E-state index is 0.0748. The van der Waals surface area contributed by atoms with Crippen molar-refractivity contribution in [2.45, 2.75) is 13.5 Å². The molecule has 0 bridgehead atoms. The van der Waals surface area contributed by atoms with E-state index in [9.17, 15) is 9.90 Å². The predicted octanol–water partition coefficient (Wildman–Crippen LogP) is 3.16. The van der Waals surface area contributed by atoms with E-state index >= 15 is 0 Å². The van der Waals surface area contributed by atoms with Crippen LogP contribution in [-0.2, 0) is 6.54 Å². The molecule has 0 saturated carbocycles. The second-order valence-electron chi connectivity index (χ2n) is 4.85. The molecule has 0 aliphatic rings. The van der Waals surface area contributed by atoms with Gasteiger partial charge in [-0.1, -0.05) is 35.3 Å². The summed E-state index contributed by atoms with van der Waals surface area (Å²) in [6.07, 6.45) is 0. The van der Waals surface area contributed by atoms with Gasteiger partial charge in [-0.05, 0) is 30.7 Å². The lowest BCUT2D eigenvalue weighted by molar-refractivity contribution is 0.474. The van der Waals surface area contributed by atoms with Crippen LogP contribution in [0.5, 0.6) is 5.75 Å². The van der Waals surface area contributed by atoms with Crippen LogP contribution in [0.1, 0.15) is 11.4 Å². The molecule has 0 saturated heterocycles. The van der Waals surface area contributed by atoms with Crippen molar-refractivity contribution in [3.8, 4) is 5.75 Å². The highest BCUT2D eigenvalue weighted by molar-refractivity contribution is 6.31. The van der Waals surface area contributed by atoms with E-state index in [0.29, 0.717) is 17.4 Å². The standard InChI is InChI=1S/C15H11Cl2N3O2/c1-8-18-14-11(6-12(21)13(17)19-14)15(22)20(8)7-9-2-4-10(16)5-3-9/h2-6,21H,7H2,1H3. The molecule has 0 aliphatic heterocycles. The van der Waals surface area contributed by atoms with E-state index in [0.717, 1.165) is 5.56 Å². The maximum atomic E-state index is 12.6. The Labute approximate surface area is 135 Å². The zero-order valence-corrected chi connectivity index (χ0v) is 13.1. The molecule has 0 spiro atoms. The number of halogens is 2. The van der Waals surface area contributed by atoms with Gasteiger partial charge in [-0.15, -0.1) is 0 Å². The SMILES string of the molecule is Cc1nc2nc(Cl)c(O)cc2c(=O)n1Cc1ccc(Cl)cc1. The first-order valence-electron chi connectivity index (χ1n) is 6.47. The minimum Gasteiger partial charge on any atom is -0.505 e. The molecule has 7 heteroatoms. The second kappa shape index (κ2) is 5.59.